The molecular weight excluding hydrogens is 296 g/mol. The second kappa shape index (κ2) is 6.82. The predicted octanol–water partition coefficient (Wildman–Crippen LogP) is 1.25. The van der Waals surface area contributed by atoms with Crippen molar-refractivity contribution in [2.24, 2.45) is 0 Å². The quantitative estimate of drug-likeness (QED) is 0.735. The average molecular weight is 312 g/mol. The summed E-state index contributed by atoms with van der Waals surface area (Å²) in [5.41, 5.74) is 0.870. The Morgan fingerprint density at radius 3 is 2.91 bits per heavy atom. The van der Waals surface area contributed by atoms with E-state index in [1.807, 2.05) is 30.3 Å². The van der Waals surface area contributed by atoms with Crippen molar-refractivity contribution in [1.29, 1.82) is 0 Å². The molecule has 0 spiro atoms. The van der Waals surface area contributed by atoms with Gasteiger partial charge in [0.1, 0.15) is 18.7 Å². The van der Waals surface area contributed by atoms with Crippen LogP contribution >= 0.6 is 0 Å². The van der Waals surface area contributed by atoms with Gasteiger partial charge in [-0.3, -0.25) is 4.79 Å². The fraction of sp³-hybridized carbons (Fsp3) is 0.267. The number of rotatable bonds is 6. The Morgan fingerprint density at radius 2 is 2.17 bits per heavy atom. The molecule has 3 aromatic rings. The van der Waals surface area contributed by atoms with Crippen molar-refractivity contribution in [3.63, 3.8) is 0 Å². The van der Waals surface area contributed by atoms with Crippen LogP contribution in [0.4, 0.5) is 0 Å². The molecule has 8 heteroatoms. The standard InChI is InChI=1S/C15H16N6O2/c1-11(21-10-16-9-18-21)14(22)17-8-7-13-19-15(23-20-13)12-5-3-2-4-6-12/h2-6,9-11H,7-8H2,1H3,(H,17,22)/t11-/m1/s1. The summed E-state index contributed by atoms with van der Waals surface area (Å²) in [6, 6.07) is 9.13. The molecule has 0 aliphatic carbocycles. The number of hydrogen-bond donors (Lipinski definition) is 1. The Kier molecular flexibility index (Phi) is 4.41. The van der Waals surface area contributed by atoms with E-state index >= 15 is 0 Å². The highest BCUT2D eigenvalue weighted by Crippen LogP contribution is 2.16. The summed E-state index contributed by atoms with van der Waals surface area (Å²) >= 11 is 0. The molecule has 0 saturated heterocycles. The number of aromatic nitrogens is 5. The first-order chi connectivity index (χ1) is 11.2. The van der Waals surface area contributed by atoms with E-state index in [4.69, 9.17) is 4.52 Å². The first-order valence-electron chi connectivity index (χ1n) is 7.24. The Labute approximate surface area is 132 Å². The van der Waals surface area contributed by atoms with Crippen molar-refractivity contribution in [3.05, 3.63) is 48.8 Å². The third-order valence-corrected chi connectivity index (χ3v) is 3.35. The van der Waals surface area contributed by atoms with Crippen molar-refractivity contribution in [2.75, 3.05) is 6.54 Å². The van der Waals surface area contributed by atoms with Crippen LogP contribution in [0, 0.1) is 0 Å². The van der Waals surface area contributed by atoms with Crippen LogP contribution in [0.3, 0.4) is 0 Å². The van der Waals surface area contributed by atoms with Crippen LogP contribution in [0.5, 0.6) is 0 Å². The summed E-state index contributed by atoms with van der Waals surface area (Å²) in [4.78, 5) is 20.1. The lowest BCUT2D eigenvalue weighted by Crippen LogP contribution is -2.32. The Hall–Kier alpha value is -3.03. The Morgan fingerprint density at radius 1 is 1.35 bits per heavy atom. The van der Waals surface area contributed by atoms with Crippen molar-refractivity contribution in [2.45, 2.75) is 19.4 Å². The molecule has 2 heterocycles. The van der Waals surface area contributed by atoms with Crippen molar-refractivity contribution in [3.8, 4) is 11.5 Å². The van der Waals surface area contributed by atoms with E-state index in [1.165, 1.54) is 17.3 Å². The monoisotopic (exact) mass is 312 g/mol. The average Bonchev–Trinajstić information content (AvgIpc) is 3.27. The van der Waals surface area contributed by atoms with Crippen LogP contribution in [-0.2, 0) is 11.2 Å². The van der Waals surface area contributed by atoms with Crippen LogP contribution in [-0.4, -0.2) is 37.4 Å². The number of carbonyl (C=O) groups is 1. The van der Waals surface area contributed by atoms with Crippen LogP contribution in [0.1, 0.15) is 18.8 Å². The summed E-state index contributed by atoms with van der Waals surface area (Å²) in [6.45, 7) is 2.18. The first kappa shape index (κ1) is 14.9. The molecule has 118 valence electrons. The molecule has 0 fully saturated rings. The fourth-order valence-corrected chi connectivity index (χ4v) is 2.04. The van der Waals surface area contributed by atoms with E-state index < -0.39 is 6.04 Å². The molecule has 0 aliphatic rings. The van der Waals surface area contributed by atoms with Gasteiger partial charge in [0.25, 0.3) is 5.89 Å². The number of benzene rings is 1. The SMILES string of the molecule is C[C@H](C(=O)NCCc1noc(-c2ccccc2)n1)n1cncn1. The number of nitrogens with one attached hydrogen (secondary N) is 1. The molecule has 1 amide bonds. The molecule has 8 nitrogen and oxygen atoms in total. The van der Waals surface area contributed by atoms with Crippen LogP contribution in [0.15, 0.2) is 47.5 Å². The second-order valence-corrected chi connectivity index (χ2v) is 4.97. The Bertz CT molecular complexity index is 753. The van der Waals surface area contributed by atoms with Gasteiger partial charge in [-0.1, -0.05) is 23.4 Å². The fourth-order valence-electron chi connectivity index (χ4n) is 2.04. The smallest absolute Gasteiger partial charge is 0.257 e. The van der Waals surface area contributed by atoms with Crippen LogP contribution < -0.4 is 5.32 Å². The molecule has 2 aromatic heterocycles. The predicted molar refractivity (Wildman–Crippen MR) is 81.2 cm³/mol. The number of nitrogens with zero attached hydrogens (tertiary/aromatic N) is 5. The Balaban J connectivity index is 1.51. The second-order valence-electron chi connectivity index (χ2n) is 4.97. The van der Waals surface area contributed by atoms with E-state index in [0.29, 0.717) is 24.7 Å². The molecule has 0 radical (unpaired) electrons. The molecule has 1 atom stereocenters. The minimum absolute atomic E-state index is 0.137. The van der Waals surface area contributed by atoms with Gasteiger partial charge in [0, 0.05) is 18.5 Å². The van der Waals surface area contributed by atoms with Gasteiger partial charge in [0.05, 0.1) is 0 Å². The van der Waals surface area contributed by atoms with E-state index in [1.54, 1.807) is 6.92 Å². The van der Waals surface area contributed by atoms with E-state index in [0.717, 1.165) is 5.56 Å². The van der Waals surface area contributed by atoms with E-state index in [2.05, 4.69) is 25.5 Å². The zero-order valence-corrected chi connectivity index (χ0v) is 12.6. The first-order valence-corrected chi connectivity index (χ1v) is 7.24. The normalized spacial score (nSPS) is 12.0. The molecule has 0 saturated carbocycles. The highest BCUT2D eigenvalue weighted by molar-refractivity contribution is 5.79. The van der Waals surface area contributed by atoms with Gasteiger partial charge in [0.15, 0.2) is 5.82 Å². The van der Waals surface area contributed by atoms with Gasteiger partial charge in [0.2, 0.25) is 5.91 Å². The maximum Gasteiger partial charge on any atom is 0.257 e. The third kappa shape index (κ3) is 3.60. The van der Waals surface area contributed by atoms with Gasteiger partial charge in [-0.2, -0.15) is 10.1 Å². The van der Waals surface area contributed by atoms with Gasteiger partial charge < -0.3 is 9.84 Å². The van der Waals surface area contributed by atoms with Gasteiger partial charge >= 0.3 is 0 Å². The number of hydrogen-bond acceptors (Lipinski definition) is 6. The topological polar surface area (TPSA) is 98.7 Å². The highest BCUT2D eigenvalue weighted by atomic mass is 16.5. The molecule has 1 aromatic carbocycles. The molecule has 1 N–H and O–H groups in total. The van der Waals surface area contributed by atoms with Crippen molar-refractivity contribution >= 4 is 5.91 Å². The molecule has 0 unspecified atom stereocenters. The summed E-state index contributed by atoms with van der Waals surface area (Å²) in [7, 11) is 0. The van der Waals surface area contributed by atoms with Crippen LogP contribution in [0.25, 0.3) is 11.5 Å². The zero-order chi connectivity index (χ0) is 16.1. The lowest BCUT2D eigenvalue weighted by atomic mass is 10.2. The van der Waals surface area contributed by atoms with Crippen LogP contribution in [0.2, 0.25) is 0 Å². The lowest BCUT2D eigenvalue weighted by molar-refractivity contribution is -0.124. The van der Waals surface area contributed by atoms with Gasteiger partial charge in [-0.05, 0) is 19.1 Å². The van der Waals surface area contributed by atoms with E-state index in [9.17, 15) is 4.79 Å². The van der Waals surface area contributed by atoms with E-state index in [-0.39, 0.29) is 5.91 Å². The molecule has 0 bridgehead atoms. The summed E-state index contributed by atoms with van der Waals surface area (Å²) < 4.78 is 6.72. The number of carbonyl (C=O) groups excluding carboxylic acids is 1. The van der Waals surface area contributed by atoms with Gasteiger partial charge in [-0.15, -0.1) is 0 Å². The van der Waals surface area contributed by atoms with Crippen molar-refractivity contribution in [1.82, 2.24) is 30.2 Å². The highest BCUT2D eigenvalue weighted by Gasteiger charge is 2.15. The molecule has 3 rings (SSSR count). The van der Waals surface area contributed by atoms with Crippen molar-refractivity contribution < 1.29 is 9.32 Å². The summed E-state index contributed by atoms with van der Waals surface area (Å²) in [6.07, 6.45) is 3.40. The third-order valence-electron chi connectivity index (χ3n) is 3.35. The minimum Gasteiger partial charge on any atom is -0.354 e. The summed E-state index contributed by atoms with van der Waals surface area (Å²) in [5, 5.41) is 10.7. The number of amides is 1. The molecule has 0 aliphatic heterocycles. The largest absolute Gasteiger partial charge is 0.354 e. The molecular formula is C15H16N6O2. The maximum absolute atomic E-state index is 12.0. The lowest BCUT2D eigenvalue weighted by Gasteiger charge is -2.11. The minimum atomic E-state index is -0.414. The zero-order valence-electron chi connectivity index (χ0n) is 12.6. The van der Waals surface area contributed by atoms with Gasteiger partial charge in [-0.25, -0.2) is 9.67 Å². The summed E-state index contributed by atoms with van der Waals surface area (Å²) in [5.74, 6) is 0.891. The maximum atomic E-state index is 12.0. The molecule has 23 heavy (non-hydrogen) atoms.